The Labute approximate surface area is 120 Å². The zero-order valence-corrected chi connectivity index (χ0v) is 12.0. The molecule has 0 atom stereocenters. The van der Waals surface area contributed by atoms with Crippen LogP contribution in [-0.4, -0.2) is 18.1 Å². The molecule has 1 aliphatic rings. The smallest absolute Gasteiger partial charge is 0.119 e. The van der Waals surface area contributed by atoms with E-state index in [1.54, 1.807) is 7.11 Å². The topological polar surface area (TPSA) is 34.1 Å². The van der Waals surface area contributed by atoms with Gasteiger partial charge in [0, 0.05) is 11.7 Å². The van der Waals surface area contributed by atoms with Crippen molar-refractivity contribution in [1.29, 1.82) is 0 Å². The summed E-state index contributed by atoms with van der Waals surface area (Å²) in [6, 6.07) is 13.1. The van der Waals surface area contributed by atoms with E-state index in [0.717, 1.165) is 17.1 Å². The number of pyridine rings is 1. The summed E-state index contributed by atoms with van der Waals surface area (Å²) < 4.78 is 5.28. The van der Waals surface area contributed by atoms with Crippen molar-refractivity contribution < 1.29 is 4.74 Å². The lowest BCUT2D eigenvalue weighted by Gasteiger charge is -2.37. The first kappa shape index (κ1) is 13.0. The van der Waals surface area contributed by atoms with Gasteiger partial charge in [-0.05, 0) is 55.5 Å². The number of nitrogens with zero attached hydrogens (tertiary/aromatic N) is 1. The molecule has 3 rings (SSSR count). The van der Waals surface area contributed by atoms with Crippen LogP contribution < -0.4 is 10.1 Å². The zero-order valence-electron chi connectivity index (χ0n) is 12.0. The monoisotopic (exact) mass is 268 g/mol. The van der Waals surface area contributed by atoms with Gasteiger partial charge in [0.1, 0.15) is 5.75 Å². The highest BCUT2D eigenvalue weighted by Gasteiger charge is 2.30. The first-order valence-electron chi connectivity index (χ1n) is 7.08. The first-order valence-corrected chi connectivity index (χ1v) is 7.08. The third-order valence-electron chi connectivity index (χ3n) is 3.99. The van der Waals surface area contributed by atoms with E-state index in [9.17, 15) is 0 Å². The van der Waals surface area contributed by atoms with E-state index in [2.05, 4.69) is 34.6 Å². The first-order chi connectivity index (χ1) is 9.74. The van der Waals surface area contributed by atoms with Crippen LogP contribution in [0.2, 0.25) is 0 Å². The van der Waals surface area contributed by atoms with E-state index >= 15 is 0 Å². The Morgan fingerprint density at radius 1 is 1.20 bits per heavy atom. The minimum absolute atomic E-state index is 0.552. The molecule has 0 unspecified atom stereocenters. The number of hydrogen-bond donors (Lipinski definition) is 1. The van der Waals surface area contributed by atoms with Gasteiger partial charge in [0.2, 0.25) is 0 Å². The molecular weight excluding hydrogens is 248 g/mol. The summed E-state index contributed by atoms with van der Waals surface area (Å²) in [7, 11) is 1.72. The summed E-state index contributed by atoms with van der Waals surface area (Å²) in [6.07, 6.45) is 4.25. The molecule has 1 aromatic carbocycles. The maximum Gasteiger partial charge on any atom is 0.119 e. The van der Waals surface area contributed by atoms with Gasteiger partial charge in [-0.2, -0.15) is 0 Å². The van der Waals surface area contributed by atoms with Gasteiger partial charge < -0.3 is 10.1 Å². The van der Waals surface area contributed by atoms with Crippen LogP contribution in [0, 0.1) is 6.92 Å². The van der Waals surface area contributed by atoms with Crippen LogP contribution >= 0.6 is 0 Å². The molecular formula is C17H20N2O. The quantitative estimate of drug-likeness (QED) is 0.916. The summed E-state index contributed by atoms with van der Waals surface area (Å²) in [5.41, 5.74) is 3.55. The van der Waals surface area contributed by atoms with E-state index in [4.69, 9.17) is 4.74 Å². The van der Waals surface area contributed by atoms with Gasteiger partial charge in [-0.1, -0.05) is 12.1 Å². The van der Waals surface area contributed by atoms with Crippen molar-refractivity contribution in [3.8, 4) is 5.75 Å². The van der Waals surface area contributed by atoms with Gasteiger partial charge in [0.15, 0.2) is 0 Å². The number of ether oxygens (including phenoxy) is 1. The predicted molar refractivity (Wildman–Crippen MR) is 81.4 cm³/mol. The summed E-state index contributed by atoms with van der Waals surface area (Å²) >= 11 is 0. The lowest BCUT2D eigenvalue weighted by atomic mass is 9.76. The van der Waals surface area contributed by atoms with Gasteiger partial charge in [0.05, 0.1) is 19.0 Å². The van der Waals surface area contributed by atoms with E-state index in [0.29, 0.717) is 12.0 Å². The average molecular weight is 268 g/mol. The SMILES string of the molecule is COc1cccc(C2CC(Nc3ccc(C)nc3)C2)c1. The number of benzene rings is 1. The van der Waals surface area contributed by atoms with Crippen molar-refractivity contribution >= 4 is 5.69 Å². The molecule has 0 radical (unpaired) electrons. The third-order valence-corrected chi connectivity index (χ3v) is 3.99. The molecule has 0 spiro atoms. The highest BCUT2D eigenvalue weighted by atomic mass is 16.5. The van der Waals surface area contributed by atoms with Crippen LogP contribution in [0.1, 0.15) is 30.0 Å². The Kier molecular flexibility index (Phi) is 3.59. The van der Waals surface area contributed by atoms with E-state index in [1.165, 1.54) is 18.4 Å². The minimum Gasteiger partial charge on any atom is -0.497 e. The normalized spacial score (nSPS) is 21.1. The highest BCUT2D eigenvalue weighted by molar-refractivity contribution is 5.43. The zero-order chi connectivity index (χ0) is 13.9. The molecule has 3 nitrogen and oxygen atoms in total. The van der Waals surface area contributed by atoms with Gasteiger partial charge in [-0.25, -0.2) is 0 Å². The van der Waals surface area contributed by atoms with Crippen molar-refractivity contribution in [2.75, 3.05) is 12.4 Å². The van der Waals surface area contributed by atoms with Crippen LogP contribution in [0.25, 0.3) is 0 Å². The molecule has 20 heavy (non-hydrogen) atoms. The van der Waals surface area contributed by atoms with E-state index in [1.807, 2.05) is 25.3 Å². The number of aryl methyl sites for hydroxylation is 1. The van der Waals surface area contributed by atoms with Crippen LogP contribution in [0.5, 0.6) is 5.75 Å². The number of hydrogen-bond acceptors (Lipinski definition) is 3. The maximum absolute atomic E-state index is 5.28. The lowest BCUT2D eigenvalue weighted by Crippen LogP contribution is -2.34. The molecule has 3 heteroatoms. The van der Waals surface area contributed by atoms with Gasteiger partial charge in [0.25, 0.3) is 0 Å². The van der Waals surface area contributed by atoms with E-state index in [-0.39, 0.29) is 0 Å². The molecule has 104 valence electrons. The van der Waals surface area contributed by atoms with Crippen molar-refractivity contribution in [3.05, 3.63) is 53.9 Å². The molecule has 1 saturated carbocycles. The molecule has 1 heterocycles. The summed E-state index contributed by atoms with van der Waals surface area (Å²) in [5.74, 6) is 1.59. The van der Waals surface area contributed by atoms with Gasteiger partial charge >= 0.3 is 0 Å². The lowest BCUT2D eigenvalue weighted by molar-refractivity contribution is 0.370. The van der Waals surface area contributed by atoms with Gasteiger partial charge in [-0.3, -0.25) is 4.98 Å². The number of aromatic nitrogens is 1. The minimum atomic E-state index is 0.552. The molecule has 0 aliphatic heterocycles. The Balaban J connectivity index is 1.57. The molecule has 0 amide bonds. The number of rotatable bonds is 4. The Morgan fingerprint density at radius 2 is 2.05 bits per heavy atom. The molecule has 1 aliphatic carbocycles. The second-order valence-electron chi connectivity index (χ2n) is 5.47. The molecule has 0 saturated heterocycles. The van der Waals surface area contributed by atoms with Crippen molar-refractivity contribution in [2.24, 2.45) is 0 Å². The fourth-order valence-corrected chi connectivity index (χ4v) is 2.69. The number of nitrogens with one attached hydrogen (secondary N) is 1. The Bertz CT molecular complexity index is 574. The second kappa shape index (κ2) is 5.53. The maximum atomic E-state index is 5.28. The standard InChI is InChI=1S/C17H20N2O/c1-12-6-7-15(11-18-12)19-16-8-14(9-16)13-4-3-5-17(10-13)20-2/h3-7,10-11,14,16,19H,8-9H2,1-2H3. The fraction of sp³-hybridized carbons (Fsp3) is 0.353. The Hall–Kier alpha value is -2.03. The predicted octanol–water partition coefficient (Wildman–Crippen LogP) is 3.76. The van der Waals surface area contributed by atoms with Gasteiger partial charge in [-0.15, -0.1) is 0 Å². The molecule has 1 aromatic heterocycles. The Morgan fingerprint density at radius 3 is 2.75 bits per heavy atom. The van der Waals surface area contributed by atoms with Crippen molar-refractivity contribution in [1.82, 2.24) is 4.98 Å². The highest BCUT2D eigenvalue weighted by Crippen LogP contribution is 2.39. The summed E-state index contributed by atoms with van der Waals surface area (Å²) in [6.45, 7) is 2.01. The van der Waals surface area contributed by atoms with Crippen LogP contribution in [0.15, 0.2) is 42.6 Å². The number of anilines is 1. The van der Waals surface area contributed by atoms with Crippen LogP contribution in [0.4, 0.5) is 5.69 Å². The summed E-state index contributed by atoms with van der Waals surface area (Å²) in [5, 5.41) is 3.54. The fourth-order valence-electron chi connectivity index (χ4n) is 2.69. The average Bonchev–Trinajstić information content (AvgIpc) is 2.44. The van der Waals surface area contributed by atoms with Crippen molar-refractivity contribution in [3.63, 3.8) is 0 Å². The molecule has 0 bridgehead atoms. The number of methoxy groups -OCH3 is 1. The molecule has 2 aromatic rings. The van der Waals surface area contributed by atoms with Crippen LogP contribution in [-0.2, 0) is 0 Å². The summed E-state index contributed by atoms with van der Waals surface area (Å²) in [4.78, 5) is 4.31. The third kappa shape index (κ3) is 2.77. The second-order valence-corrected chi connectivity index (χ2v) is 5.47. The van der Waals surface area contributed by atoms with E-state index < -0.39 is 0 Å². The van der Waals surface area contributed by atoms with Crippen molar-refractivity contribution in [2.45, 2.75) is 31.7 Å². The molecule has 1 N–H and O–H groups in total. The van der Waals surface area contributed by atoms with Crippen LogP contribution in [0.3, 0.4) is 0 Å². The molecule has 1 fully saturated rings. The largest absolute Gasteiger partial charge is 0.497 e.